The second-order valence-electron chi connectivity index (χ2n) is 7.67. The molecule has 1 aliphatic heterocycles. The molecule has 0 bridgehead atoms. The Morgan fingerprint density at radius 2 is 1.74 bits per heavy atom. The normalized spacial score (nSPS) is 22.5. The first-order chi connectivity index (χ1) is 13.3. The van der Waals surface area contributed by atoms with Gasteiger partial charge in [0.25, 0.3) is 0 Å². The molecule has 0 saturated heterocycles. The summed E-state index contributed by atoms with van der Waals surface area (Å²) in [6, 6.07) is 8.58. The molecule has 1 aliphatic carbocycles. The standard InChI is InChI=1S/C24H33NOS/c1-2-14-21(26)19-24-25(22-17-12-13-18-23(22)27-24)20-15-10-8-6-4-3-5-7-9-11-16-20/h12-13,15,17-19H,2-11,14,16H2,1H3/b20-15-,24-19-. The van der Waals surface area contributed by atoms with Crippen LogP contribution in [0.4, 0.5) is 5.69 Å². The van der Waals surface area contributed by atoms with E-state index in [1.54, 1.807) is 11.8 Å². The summed E-state index contributed by atoms with van der Waals surface area (Å²) in [6.45, 7) is 2.07. The second-order valence-corrected chi connectivity index (χ2v) is 8.73. The molecule has 27 heavy (non-hydrogen) atoms. The first-order valence-corrected chi connectivity index (χ1v) is 11.6. The molecule has 0 fully saturated rings. The van der Waals surface area contributed by atoms with E-state index in [1.165, 1.54) is 67.6 Å². The van der Waals surface area contributed by atoms with Crippen LogP contribution < -0.4 is 4.90 Å². The number of thioether (sulfide) groups is 1. The van der Waals surface area contributed by atoms with E-state index in [2.05, 4.69) is 42.2 Å². The SMILES string of the molecule is CCCC(=O)/C=C1\Sc2ccccc2N1/C1=C\CCCCCCCCCC1. The van der Waals surface area contributed by atoms with Crippen LogP contribution >= 0.6 is 11.8 Å². The van der Waals surface area contributed by atoms with Gasteiger partial charge in [0.05, 0.1) is 10.7 Å². The smallest absolute Gasteiger partial charge is 0.158 e. The van der Waals surface area contributed by atoms with Crippen molar-refractivity contribution in [1.29, 1.82) is 0 Å². The monoisotopic (exact) mass is 383 g/mol. The van der Waals surface area contributed by atoms with Crippen LogP contribution in [-0.2, 0) is 4.79 Å². The molecule has 0 aromatic heterocycles. The van der Waals surface area contributed by atoms with Gasteiger partial charge < -0.3 is 4.90 Å². The third-order valence-corrected chi connectivity index (χ3v) is 6.45. The van der Waals surface area contributed by atoms with Crippen LogP contribution in [0.1, 0.15) is 84.0 Å². The van der Waals surface area contributed by atoms with Crippen molar-refractivity contribution in [2.75, 3.05) is 4.90 Å². The van der Waals surface area contributed by atoms with Gasteiger partial charge in [-0.15, -0.1) is 0 Å². The Morgan fingerprint density at radius 3 is 2.52 bits per heavy atom. The Balaban J connectivity index is 1.87. The minimum absolute atomic E-state index is 0.242. The fraction of sp³-hybridized carbons (Fsp3) is 0.542. The van der Waals surface area contributed by atoms with Gasteiger partial charge >= 0.3 is 0 Å². The number of ketones is 1. The van der Waals surface area contributed by atoms with E-state index in [0.717, 1.165) is 24.3 Å². The maximum atomic E-state index is 12.3. The molecule has 0 spiro atoms. The zero-order valence-electron chi connectivity index (χ0n) is 16.7. The van der Waals surface area contributed by atoms with E-state index in [9.17, 15) is 4.79 Å². The van der Waals surface area contributed by atoms with Crippen molar-refractivity contribution < 1.29 is 4.79 Å². The largest absolute Gasteiger partial charge is 0.307 e. The average molecular weight is 384 g/mol. The molecule has 3 rings (SSSR count). The van der Waals surface area contributed by atoms with Crippen LogP contribution in [0.2, 0.25) is 0 Å². The van der Waals surface area contributed by atoms with Gasteiger partial charge in [-0.25, -0.2) is 0 Å². The summed E-state index contributed by atoms with van der Waals surface area (Å²) in [5.74, 6) is 0.242. The van der Waals surface area contributed by atoms with Crippen molar-refractivity contribution in [2.24, 2.45) is 0 Å². The molecular formula is C24H33NOS. The molecule has 0 N–H and O–H groups in total. The minimum atomic E-state index is 0.242. The fourth-order valence-corrected chi connectivity index (χ4v) is 5.07. The molecule has 1 aromatic rings. The van der Waals surface area contributed by atoms with Crippen molar-refractivity contribution in [3.05, 3.63) is 47.1 Å². The number of hydrogen-bond acceptors (Lipinski definition) is 3. The summed E-state index contributed by atoms with van der Waals surface area (Å²) in [6.07, 6.45) is 18.8. The highest BCUT2D eigenvalue weighted by molar-refractivity contribution is 8.03. The lowest BCUT2D eigenvalue weighted by molar-refractivity contribution is -0.114. The molecular weight excluding hydrogens is 350 g/mol. The van der Waals surface area contributed by atoms with Crippen LogP contribution in [0.15, 0.2) is 52.0 Å². The molecule has 0 unspecified atom stereocenters. The quantitative estimate of drug-likeness (QED) is 0.499. The van der Waals surface area contributed by atoms with E-state index in [1.807, 2.05) is 6.08 Å². The molecule has 0 saturated carbocycles. The average Bonchev–Trinajstić information content (AvgIpc) is 3.00. The summed E-state index contributed by atoms with van der Waals surface area (Å²) in [5.41, 5.74) is 2.64. The summed E-state index contributed by atoms with van der Waals surface area (Å²) < 4.78 is 0. The van der Waals surface area contributed by atoms with Gasteiger partial charge in [0.15, 0.2) is 5.78 Å². The van der Waals surface area contributed by atoms with Crippen molar-refractivity contribution in [1.82, 2.24) is 0 Å². The molecule has 0 radical (unpaired) electrons. The van der Waals surface area contributed by atoms with Crippen molar-refractivity contribution in [2.45, 2.75) is 88.9 Å². The van der Waals surface area contributed by atoms with Gasteiger partial charge in [0.1, 0.15) is 0 Å². The van der Waals surface area contributed by atoms with Crippen LogP contribution in [-0.4, -0.2) is 5.78 Å². The Kier molecular flexibility index (Phi) is 8.07. The highest BCUT2D eigenvalue weighted by Gasteiger charge is 2.27. The van der Waals surface area contributed by atoms with E-state index < -0.39 is 0 Å². The van der Waals surface area contributed by atoms with E-state index in [4.69, 9.17) is 0 Å². The lowest BCUT2D eigenvalue weighted by Crippen LogP contribution is -2.18. The predicted molar refractivity (Wildman–Crippen MR) is 117 cm³/mol. The summed E-state index contributed by atoms with van der Waals surface area (Å²) >= 11 is 1.75. The van der Waals surface area contributed by atoms with Crippen LogP contribution in [0, 0.1) is 0 Å². The predicted octanol–water partition coefficient (Wildman–Crippen LogP) is 7.61. The number of nitrogens with zero attached hydrogens (tertiary/aromatic N) is 1. The fourth-order valence-electron chi connectivity index (χ4n) is 3.94. The van der Waals surface area contributed by atoms with E-state index in [-0.39, 0.29) is 5.78 Å². The molecule has 2 nitrogen and oxygen atoms in total. The number of benzene rings is 1. The van der Waals surface area contributed by atoms with E-state index >= 15 is 0 Å². The zero-order chi connectivity index (χ0) is 18.9. The second kappa shape index (κ2) is 10.8. The molecule has 1 heterocycles. The van der Waals surface area contributed by atoms with Crippen LogP contribution in [0.5, 0.6) is 0 Å². The van der Waals surface area contributed by atoms with Crippen molar-refractivity contribution in [3.63, 3.8) is 0 Å². The van der Waals surface area contributed by atoms with Crippen molar-refractivity contribution in [3.8, 4) is 0 Å². The van der Waals surface area contributed by atoms with Gasteiger partial charge in [-0.1, -0.05) is 75.4 Å². The number of allylic oxidation sites excluding steroid dienone is 3. The first kappa shape index (κ1) is 20.3. The minimum Gasteiger partial charge on any atom is -0.307 e. The topological polar surface area (TPSA) is 20.3 Å². The highest BCUT2D eigenvalue weighted by atomic mass is 32.2. The number of fused-ring (bicyclic) bond motifs is 1. The lowest BCUT2D eigenvalue weighted by atomic mass is 10.0. The summed E-state index contributed by atoms with van der Waals surface area (Å²) in [5, 5.41) is 1.09. The maximum absolute atomic E-state index is 12.3. The number of carbonyl (C=O) groups is 1. The molecule has 0 amide bonds. The molecule has 2 aliphatic rings. The van der Waals surface area contributed by atoms with Gasteiger partial charge in [-0.05, 0) is 44.2 Å². The number of para-hydroxylation sites is 1. The molecule has 146 valence electrons. The number of hydrogen-bond donors (Lipinski definition) is 0. The van der Waals surface area contributed by atoms with E-state index in [0.29, 0.717) is 6.42 Å². The highest BCUT2D eigenvalue weighted by Crippen LogP contribution is 2.48. The Hall–Kier alpha value is -1.48. The van der Waals surface area contributed by atoms with Crippen LogP contribution in [0.25, 0.3) is 0 Å². The summed E-state index contributed by atoms with van der Waals surface area (Å²) in [4.78, 5) is 16.0. The number of anilines is 1. The van der Waals surface area contributed by atoms with Gasteiger partial charge in [-0.2, -0.15) is 0 Å². The maximum Gasteiger partial charge on any atom is 0.158 e. The number of rotatable bonds is 4. The Labute approximate surface area is 169 Å². The molecule has 3 heteroatoms. The number of carbonyl (C=O) groups excluding carboxylic acids is 1. The van der Waals surface area contributed by atoms with Gasteiger partial charge in [-0.3, -0.25) is 4.79 Å². The first-order valence-electron chi connectivity index (χ1n) is 10.8. The summed E-state index contributed by atoms with van der Waals surface area (Å²) in [7, 11) is 0. The van der Waals surface area contributed by atoms with Crippen LogP contribution in [0.3, 0.4) is 0 Å². The van der Waals surface area contributed by atoms with Gasteiger partial charge in [0.2, 0.25) is 0 Å². The molecule has 0 atom stereocenters. The third kappa shape index (κ3) is 5.75. The van der Waals surface area contributed by atoms with Crippen molar-refractivity contribution >= 4 is 23.2 Å². The zero-order valence-corrected chi connectivity index (χ0v) is 17.5. The molecule has 1 aromatic carbocycles. The van der Waals surface area contributed by atoms with Gasteiger partial charge in [0, 0.05) is 23.1 Å². The Morgan fingerprint density at radius 1 is 1.04 bits per heavy atom. The third-order valence-electron chi connectivity index (χ3n) is 5.38. The Bertz CT molecular complexity index is 691. The lowest BCUT2D eigenvalue weighted by Gasteiger charge is -2.24.